The van der Waals surface area contributed by atoms with Gasteiger partial charge in [0.25, 0.3) is 5.91 Å². The summed E-state index contributed by atoms with van der Waals surface area (Å²) in [5, 5.41) is 5.24. The van der Waals surface area contributed by atoms with E-state index in [-0.39, 0.29) is 5.91 Å². The molecule has 3 aromatic rings. The summed E-state index contributed by atoms with van der Waals surface area (Å²) in [5.41, 5.74) is 6.85. The molecule has 0 unspecified atom stereocenters. The van der Waals surface area contributed by atoms with Crippen LogP contribution in [0.25, 0.3) is 0 Å². The van der Waals surface area contributed by atoms with Crippen LogP contribution in [0.1, 0.15) is 32.6 Å². The Kier molecular flexibility index (Phi) is 6.91. The van der Waals surface area contributed by atoms with E-state index in [1.807, 2.05) is 50.2 Å². The van der Waals surface area contributed by atoms with Crippen LogP contribution in [0.2, 0.25) is 10.0 Å². The van der Waals surface area contributed by atoms with Crippen LogP contribution in [0.15, 0.2) is 65.8 Å². The molecular weight excluding hydrogens is 407 g/mol. The smallest absolute Gasteiger partial charge is 0.271 e. The number of rotatable bonds is 6. The van der Waals surface area contributed by atoms with Crippen molar-refractivity contribution in [2.45, 2.75) is 20.5 Å². The van der Waals surface area contributed by atoms with Gasteiger partial charge in [0, 0.05) is 15.6 Å². The third-order valence-electron chi connectivity index (χ3n) is 4.25. The van der Waals surface area contributed by atoms with E-state index in [9.17, 15) is 4.79 Å². The van der Waals surface area contributed by atoms with Gasteiger partial charge in [-0.15, -0.1) is 0 Å². The number of carbonyl (C=O) groups is 1. The normalized spacial score (nSPS) is 10.9. The molecule has 0 aromatic heterocycles. The molecule has 0 fully saturated rings. The van der Waals surface area contributed by atoms with Crippen molar-refractivity contribution in [1.29, 1.82) is 0 Å². The van der Waals surface area contributed by atoms with Crippen molar-refractivity contribution in [1.82, 2.24) is 5.43 Å². The molecular formula is C23H20Cl2N2O2. The van der Waals surface area contributed by atoms with E-state index in [1.54, 1.807) is 30.5 Å². The van der Waals surface area contributed by atoms with Crippen LogP contribution in [0.5, 0.6) is 5.75 Å². The number of hydrogen-bond acceptors (Lipinski definition) is 3. The van der Waals surface area contributed by atoms with E-state index in [0.29, 0.717) is 22.2 Å². The lowest BCUT2D eigenvalue weighted by Crippen LogP contribution is -2.17. The number of carbonyl (C=O) groups excluding carboxylic acids is 1. The third-order valence-corrected chi connectivity index (χ3v) is 4.73. The van der Waals surface area contributed by atoms with Crippen molar-refractivity contribution in [2.24, 2.45) is 5.10 Å². The number of halogens is 2. The van der Waals surface area contributed by atoms with Gasteiger partial charge in [-0.25, -0.2) is 5.43 Å². The molecule has 0 atom stereocenters. The molecule has 0 heterocycles. The van der Waals surface area contributed by atoms with Gasteiger partial charge in [0.05, 0.1) is 6.21 Å². The van der Waals surface area contributed by atoms with Gasteiger partial charge in [0.1, 0.15) is 12.4 Å². The van der Waals surface area contributed by atoms with Crippen molar-refractivity contribution in [3.05, 3.63) is 98.5 Å². The number of nitrogens with one attached hydrogen (secondary N) is 1. The molecule has 0 saturated carbocycles. The summed E-state index contributed by atoms with van der Waals surface area (Å²) in [6.07, 6.45) is 1.60. The molecule has 6 heteroatoms. The van der Waals surface area contributed by atoms with Gasteiger partial charge in [0.15, 0.2) is 0 Å². The maximum atomic E-state index is 12.1. The largest absolute Gasteiger partial charge is 0.488 e. The molecule has 0 bridgehead atoms. The Morgan fingerprint density at radius 2 is 1.69 bits per heavy atom. The second-order valence-corrected chi connectivity index (χ2v) is 7.48. The lowest BCUT2D eigenvalue weighted by molar-refractivity contribution is 0.0955. The molecule has 0 saturated heterocycles. The molecule has 29 heavy (non-hydrogen) atoms. The first-order valence-electron chi connectivity index (χ1n) is 9.00. The van der Waals surface area contributed by atoms with E-state index in [4.69, 9.17) is 27.9 Å². The van der Waals surface area contributed by atoms with E-state index < -0.39 is 0 Å². The van der Waals surface area contributed by atoms with Crippen molar-refractivity contribution >= 4 is 35.3 Å². The summed E-state index contributed by atoms with van der Waals surface area (Å²) in [7, 11) is 0. The molecule has 1 amide bonds. The third kappa shape index (κ3) is 5.83. The van der Waals surface area contributed by atoms with Crippen molar-refractivity contribution in [3.8, 4) is 5.75 Å². The Morgan fingerprint density at radius 1 is 1.00 bits per heavy atom. The van der Waals surface area contributed by atoms with Crippen LogP contribution < -0.4 is 10.2 Å². The zero-order chi connectivity index (χ0) is 20.8. The van der Waals surface area contributed by atoms with Crippen LogP contribution in [0.4, 0.5) is 0 Å². The lowest BCUT2D eigenvalue weighted by atomic mass is 10.1. The number of ether oxygens (including phenoxy) is 1. The van der Waals surface area contributed by atoms with Crippen LogP contribution in [0, 0.1) is 13.8 Å². The average molecular weight is 427 g/mol. The number of amides is 1. The summed E-state index contributed by atoms with van der Waals surface area (Å²) in [4.78, 5) is 12.1. The number of hydrazone groups is 1. The highest BCUT2D eigenvalue weighted by Gasteiger charge is 2.07. The van der Waals surface area contributed by atoms with Gasteiger partial charge >= 0.3 is 0 Å². The standard InChI is InChI=1S/C23H20Cl2N2O2/c1-15-10-18(13-26-27-23(28)19-4-3-5-21(25)12-19)11-16(2)22(15)29-14-17-6-8-20(24)9-7-17/h3-13H,14H2,1-2H3,(H,27,28)/b26-13-. The van der Waals surface area contributed by atoms with Crippen molar-refractivity contribution in [3.63, 3.8) is 0 Å². The summed E-state index contributed by atoms with van der Waals surface area (Å²) in [6.45, 7) is 4.42. The monoisotopic (exact) mass is 426 g/mol. The van der Waals surface area contributed by atoms with Gasteiger partial charge < -0.3 is 4.74 Å². The Labute approximate surface area is 180 Å². The quantitative estimate of drug-likeness (QED) is 0.390. The SMILES string of the molecule is Cc1cc(/C=N\NC(=O)c2cccc(Cl)c2)cc(C)c1OCc1ccc(Cl)cc1. The number of nitrogens with zero attached hydrogens (tertiary/aromatic N) is 1. The Bertz CT molecular complexity index is 1020. The van der Waals surface area contributed by atoms with Crippen molar-refractivity contribution < 1.29 is 9.53 Å². The van der Waals surface area contributed by atoms with Crippen molar-refractivity contribution in [2.75, 3.05) is 0 Å². The Balaban J connectivity index is 1.64. The summed E-state index contributed by atoms with van der Waals surface area (Å²) < 4.78 is 5.99. The van der Waals surface area contributed by atoms with Crippen LogP contribution in [0.3, 0.4) is 0 Å². The van der Waals surface area contributed by atoms with Crippen LogP contribution in [-0.4, -0.2) is 12.1 Å². The molecule has 3 rings (SSSR count). The van der Waals surface area contributed by atoms with E-state index in [1.165, 1.54) is 0 Å². The maximum Gasteiger partial charge on any atom is 0.271 e. The molecule has 0 aliphatic carbocycles. The highest BCUT2D eigenvalue weighted by Crippen LogP contribution is 2.25. The Morgan fingerprint density at radius 3 is 2.34 bits per heavy atom. The molecule has 0 aliphatic rings. The zero-order valence-electron chi connectivity index (χ0n) is 16.1. The Hall–Kier alpha value is -2.82. The minimum Gasteiger partial charge on any atom is -0.488 e. The van der Waals surface area contributed by atoms with Gasteiger partial charge in [0.2, 0.25) is 0 Å². The molecule has 148 valence electrons. The molecule has 4 nitrogen and oxygen atoms in total. The highest BCUT2D eigenvalue weighted by molar-refractivity contribution is 6.31. The topological polar surface area (TPSA) is 50.7 Å². The second kappa shape index (κ2) is 9.59. The fourth-order valence-electron chi connectivity index (χ4n) is 2.88. The van der Waals surface area contributed by atoms with E-state index in [0.717, 1.165) is 28.0 Å². The second-order valence-electron chi connectivity index (χ2n) is 6.61. The first kappa shape index (κ1) is 20.9. The summed E-state index contributed by atoms with van der Waals surface area (Å²) in [6, 6.07) is 18.2. The number of aryl methyl sites for hydroxylation is 2. The first-order valence-corrected chi connectivity index (χ1v) is 9.75. The van der Waals surface area contributed by atoms with E-state index >= 15 is 0 Å². The highest BCUT2D eigenvalue weighted by atomic mass is 35.5. The van der Waals surface area contributed by atoms with Crippen LogP contribution >= 0.6 is 23.2 Å². The van der Waals surface area contributed by atoms with Gasteiger partial charge in [-0.05, 0) is 78.6 Å². The molecule has 0 radical (unpaired) electrons. The van der Waals surface area contributed by atoms with E-state index in [2.05, 4.69) is 10.5 Å². The van der Waals surface area contributed by atoms with Crippen LogP contribution in [-0.2, 0) is 6.61 Å². The predicted molar refractivity (Wildman–Crippen MR) is 118 cm³/mol. The first-order chi connectivity index (χ1) is 13.9. The molecule has 3 aromatic carbocycles. The maximum absolute atomic E-state index is 12.1. The fourth-order valence-corrected chi connectivity index (χ4v) is 3.20. The number of hydrogen-bond donors (Lipinski definition) is 1. The minimum absolute atomic E-state index is 0.319. The fraction of sp³-hybridized carbons (Fsp3) is 0.130. The zero-order valence-corrected chi connectivity index (χ0v) is 17.6. The average Bonchev–Trinajstić information content (AvgIpc) is 2.68. The lowest BCUT2D eigenvalue weighted by Gasteiger charge is -2.13. The molecule has 1 N–H and O–H groups in total. The van der Waals surface area contributed by atoms with Gasteiger partial charge in [-0.1, -0.05) is 41.4 Å². The predicted octanol–water partition coefficient (Wildman–Crippen LogP) is 5.95. The summed E-state index contributed by atoms with van der Waals surface area (Å²) in [5.74, 6) is 0.514. The molecule has 0 spiro atoms. The minimum atomic E-state index is -0.319. The summed E-state index contributed by atoms with van der Waals surface area (Å²) >= 11 is 11.8. The number of benzene rings is 3. The van der Waals surface area contributed by atoms with Gasteiger partial charge in [-0.3, -0.25) is 4.79 Å². The molecule has 0 aliphatic heterocycles. The van der Waals surface area contributed by atoms with Gasteiger partial charge in [-0.2, -0.15) is 5.10 Å².